The summed E-state index contributed by atoms with van der Waals surface area (Å²) in [4.78, 5) is 0. The van der Waals surface area contributed by atoms with Gasteiger partial charge in [-0.3, -0.25) is 0 Å². The standard InChI is InChI=1S/C14H13ClFNO2/c15-10-2-4-11(5-3-10)17-13(8-18)9-1-6-14(19)12(16)7-9/h1-7,13,17-19H,8H2. The molecule has 19 heavy (non-hydrogen) atoms. The Balaban J connectivity index is 2.19. The fraction of sp³-hybridized carbons (Fsp3) is 0.143. The SMILES string of the molecule is OCC(Nc1ccc(Cl)cc1)c1ccc(O)c(F)c1. The third-order valence-electron chi connectivity index (χ3n) is 2.74. The molecule has 0 aliphatic heterocycles. The first-order valence-corrected chi connectivity index (χ1v) is 6.09. The maximum Gasteiger partial charge on any atom is 0.165 e. The smallest absolute Gasteiger partial charge is 0.165 e. The van der Waals surface area contributed by atoms with E-state index in [0.29, 0.717) is 10.6 Å². The van der Waals surface area contributed by atoms with Crippen molar-refractivity contribution in [1.29, 1.82) is 0 Å². The predicted molar refractivity (Wildman–Crippen MR) is 73.0 cm³/mol. The maximum absolute atomic E-state index is 13.3. The monoisotopic (exact) mass is 281 g/mol. The number of phenols is 1. The average molecular weight is 282 g/mol. The van der Waals surface area contributed by atoms with E-state index in [1.54, 1.807) is 30.3 Å². The average Bonchev–Trinajstić information content (AvgIpc) is 2.41. The first kappa shape index (κ1) is 13.6. The summed E-state index contributed by atoms with van der Waals surface area (Å²) in [7, 11) is 0. The molecule has 2 aromatic rings. The molecule has 0 aromatic heterocycles. The number of nitrogens with one attached hydrogen (secondary N) is 1. The van der Waals surface area contributed by atoms with Crippen LogP contribution in [0.25, 0.3) is 0 Å². The second-order valence-corrected chi connectivity index (χ2v) is 4.53. The molecule has 0 amide bonds. The van der Waals surface area contributed by atoms with Gasteiger partial charge in [-0.2, -0.15) is 0 Å². The molecule has 100 valence electrons. The fourth-order valence-electron chi connectivity index (χ4n) is 1.72. The van der Waals surface area contributed by atoms with E-state index in [1.165, 1.54) is 12.1 Å². The summed E-state index contributed by atoms with van der Waals surface area (Å²) in [5, 5.41) is 22.2. The van der Waals surface area contributed by atoms with E-state index < -0.39 is 17.6 Å². The van der Waals surface area contributed by atoms with E-state index in [0.717, 1.165) is 5.69 Å². The minimum atomic E-state index is -0.714. The minimum absolute atomic E-state index is 0.202. The highest BCUT2D eigenvalue weighted by Crippen LogP contribution is 2.24. The molecule has 0 radical (unpaired) electrons. The van der Waals surface area contributed by atoms with Crippen LogP contribution in [0.2, 0.25) is 5.02 Å². The molecule has 0 saturated carbocycles. The molecule has 0 heterocycles. The molecule has 3 N–H and O–H groups in total. The van der Waals surface area contributed by atoms with Crippen LogP contribution >= 0.6 is 11.6 Å². The van der Waals surface area contributed by atoms with Crippen molar-refractivity contribution in [2.45, 2.75) is 6.04 Å². The first-order chi connectivity index (χ1) is 9.10. The van der Waals surface area contributed by atoms with Gasteiger partial charge in [0.05, 0.1) is 12.6 Å². The lowest BCUT2D eigenvalue weighted by molar-refractivity contribution is 0.276. The van der Waals surface area contributed by atoms with Crippen LogP contribution in [0.4, 0.5) is 10.1 Å². The minimum Gasteiger partial charge on any atom is -0.505 e. The second-order valence-electron chi connectivity index (χ2n) is 4.10. The topological polar surface area (TPSA) is 52.5 Å². The van der Waals surface area contributed by atoms with E-state index in [2.05, 4.69) is 5.32 Å². The van der Waals surface area contributed by atoms with Crippen LogP contribution in [0.1, 0.15) is 11.6 Å². The molecule has 0 aliphatic carbocycles. The molecule has 2 rings (SSSR count). The Labute approximate surface area is 115 Å². The molecule has 1 atom stereocenters. The zero-order chi connectivity index (χ0) is 13.8. The van der Waals surface area contributed by atoms with Crippen LogP contribution in [0.3, 0.4) is 0 Å². The number of hydrogen-bond acceptors (Lipinski definition) is 3. The van der Waals surface area contributed by atoms with Crippen molar-refractivity contribution in [3.05, 3.63) is 58.9 Å². The molecule has 0 aliphatic rings. The Morgan fingerprint density at radius 2 is 1.84 bits per heavy atom. The van der Waals surface area contributed by atoms with Crippen molar-refractivity contribution in [2.75, 3.05) is 11.9 Å². The highest BCUT2D eigenvalue weighted by molar-refractivity contribution is 6.30. The number of benzene rings is 2. The second kappa shape index (κ2) is 5.91. The Hall–Kier alpha value is -1.78. The van der Waals surface area contributed by atoms with Gasteiger partial charge in [0, 0.05) is 10.7 Å². The third-order valence-corrected chi connectivity index (χ3v) is 2.99. The van der Waals surface area contributed by atoms with E-state index in [4.69, 9.17) is 16.7 Å². The number of rotatable bonds is 4. The molecule has 0 fully saturated rings. The molecule has 0 spiro atoms. The zero-order valence-corrected chi connectivity index (χ0v) is 10.7. The Morgan fingerprint density at radius 3 is 2.42 bits per heavy atom. The van der Waals surface area contributed by atoms with Gasteiger partial charge in [0.25, 0.3) is 0 Å². The molecular weight excluding hydrogens is 269 g/mol. The lowest BCUT2D eigenvalue weighted by Gasteiger charge is -2.18. The van der Waals surface area contributed by atoms with Gasteiger partial charge in [-0.05, 0) is 42.0 Å². The van der Waals surface area contributed by atoms with Crippen molar-refractivity contribution >= 4 is 17.3 Å². The van der Waals surface area contributed by atoms with Crippen molar-refractivity contribution in [3.63, 3.8) is 0 Å². The van der Waals surface area contributed by atoms with Gasteiger partial charge in [0.15, 0.2) is 11.6 Å². The number of aromatic hydroxyl groups is 1. The van der Waals surface area contributed by atoms with Gasteiger partial charge >= 0.3 is 0 Å². The Morgan fingerprint density at radius 1 is 1.16 bits per heavy atom. The summed E-state index contributed by atoms with van der Waals surface area (Å²) >= 11 is 5.78. The van der Waals surface area contributed by atoms with Gasteiger partial charge < -0.3 is 15.5 Å². The third kappa shape index (κ3) is 3.36. The van der Waals surface area contributed by atoms with Crippen LogP contribution in [0, 0.1) is 5.82 Å². The quantitative estimate of drug-likeness (QED) is 0.806. The van der Waals surface area contributed by atoms with E-state index in [-0.39, 0.29) is 6.61 Å². The molecule has 1 unspecified atom stereocenters. The van der Waals surface area contributed by atoms with Gasteiger partial charge in [0.2, 0.25) is 0 Å². The molecule has 3 nitrogen and oxygen atoms in total. The highest BCUT2D eigenvalue weighted by Gasteiger charge is 2.12. The normalized spacial score (nSPS) is 12.2. The summed E-state index contributed by atoms with van der Waals surface area (Å²) in [5.41, 5.74) is 1.31. The first-order valence-electron chi connectivity index (χ1n) is 5.71. The lowest BCUT2D eigenvalue weighted by atomic mass is 10.1. The van der Waals surface area contributed by atoms with E-state index in [9.17, 15) is 9.50 Å². The van der Waals surface area contributed by atoms with Gasteiger partial charge in [0.1, 0.15) is 0 Å². The molecule has 0 saturated heterocycles. The van der Waals surface area contributed by atoms with Crippen molar-refractivity contribution < 1.29 is 14.6 Å². The largest absolute Gasteiger partial charge is 0.505 e. The lowest BCUT2D eigenvalue weighted by Crippen LogP contribution is -2.14. The van der Waals surface area contributed by atoms with E-state index in [1.807, 2.05) is 0 Å². The number of aliphatic hydroxyl groups excluding tert-OH is 1. The van der Waals surface area contributed by atoms with Crippen LogP contribution in [0.5, 0.6) is 5.75 Å². The number of halogens is 2. The molecule has 0 bridgehead atoms. The number of phenolic OH excluding ortho intramolecular Hbond substituents is 1. The van der Waals surface area contributed by atoms with Gasteiger partial charge in [-0.25, -0.2) is 4.39 Å². The maximum atomic E-state index is 13.3. The Kier molecular flexibility index (Phi) is 4.24. The molecule has 2 aromatic carbocycles. The summed E-state index contributed by atoms with van der Waals surface area (Å²) in [6.07, 6.45) is 0. The summed E-state index contributed by atoms with van der Waals surface area (Å²) < 4.78 is 13.3. The van der Waals surface area contributed by atoms with Crippen LogP contribution in [-0.2, 0) is 0 Å². The van der Waals surface area contributed by atoms with Gasteiger partial charge in [-0.1, -0.05) is 17.7 Å². The summed E-state index contributed by atoms with van der Waals surface area (Å²) in [6.45, 7) is -0.202. The molecular formula is C14H13ClFNO2. The van der Waals surface area contributed by atoms with Crippen molar-refractivity contribution in [2.24, 2.45) is 0 Å². The van der Waals surface area contributed by atoms with Crippen LogP contribution < -0.4 is 5.32 Å². The fourth-order valence-corrected chi connectivity index (χ4v) is 1.85. The van der Waals surface area contributed by atoms with E-state index >= 15 is 0 Å². The number of anilines is 1. The summed E-state index contributed by atoms with van der Waals surface area (Å²) in [6, 6.07) is 10.5. The summed E-state index contributed by atoms with van der Waals surface area (Å²) in [5.74, 6) is -1.12. The highest BCUT2D eigenvalue weighted by atomic mass is 35.5. The molecule has 5 heteroatoms. The van der Waals surface area contributed by atoms with Crippen LogP contribution in [-0.4, -0.2) is 16.8 Å². The van der Waals surface area contributed by atoms with Crippen LogP contribution in [0.15, 0.2) is 42.5 Å². The predicted octanol–water partition coefficient (Wildman–Crippen LogP) is 3.33. The van der Waals surface area contributed by atoms with Crippen molar-refractivity contribution in [3.8, 4) is 5.75 Å². The van der Waals surface area contributed by atoms with Crippen molar-refractivity contribution in [1.82, 2.24) is 0 Å². The van der Waals surface area contributed by atoms with Gasteiger partial charge in [-0.15, -0.1) is 0 Å². The number of hydrogen-bond donors (Lipinski definition) is 3. The number of aliphatic hydroxyl groups is 1. The Bertz CT molecular complexity index is 560. The zero-order valence-electron chi connectivity index (χ0n) is 9.98.